The Morgan fingerprint density at radius 3 is 2.61 bits per heavy atom. The second-order valence-corrected chi connectivity index (χ2v) is 5.67. The zero-order chi connectivity index (χ0) is 16.4. The third kappa shape index (κ3) is 3.06. The zero-order valence-corrected chi connectivity index (χ0v) is 13.7. The summed E-state index contributed by atoms with van der Waals surface area (Å²) in [5.74, 6) is 1.19. The number of rotatable bonds is 4. The van der Waals surface area contributed by atoms with Gasteiger partial charge in [-0.25, -0.2) is 0 Å². The number of nitrogens with zero attached hydrogens (tertiary/aromatic N) is 1. The van der Waals surface area contributed by atoms with Crippen molar-refractivity contribution < 1.29 is 14.4 Å². The molecule has 1 heterocycles. The lowest BCUT2D eigenvalue weighted by Crippen LogP contribution is -1.90. The van der Waals surface area contributed by atoms with Crippen molar-refractivity contribution in [1.82, 2.24) is 5.16 Å². The third-order valence-corrected chi connectivity index (χ3v) is 4.21. The van der Waals surface area contributed by atoms with Crippen LogP contribution in [0, 0.1) is 0 Å². The number of aliphatic hydroxyl groups excluding tert-OH is 1. The first-order valence-electron chi connectivity index (χ1n) is 6.83. The molecule has 0 aliphatic rings. The topological polar surface area (TPSA) is 55.5 Å². The molecular weight excluding hydrogens is 337 g/mol. The van der Waals surface area contributed by atoms with Gasteiger partial charge >= 0.3 is 0 Å². The first-order chi connectivity index (χ1) is 11.1. The van der Waals surface area contributed by atoms with Gasteiger partial charge < -0.3 is 14.4 Å². The predicted molar refractivity (Wildman–Crippen MR) is 89.9 cm³/mol. The first-order valence-corrected chi connectivity index (χ1v) is 7.59. The highest BCUT2D eigenvalue weighted by molar-refractivity contribution is 6.42. The van der Waals surface area contributed by atoms with Crippen molar-refractivity contribution in [2.45, 2.75) is 6.61 Å². The second kappa shape index (κ2) is 6.62. The second-order valence-electron chi connectivity index (χ2n) is 4.86. The molecule has 118 valence electrons. The Bertz CT molecular complexity index is 846. The number of benzene rings is 2. The van der Waals surface area contributed by atoms with Gasteiger partial charge in [0.1, 0.15) is 11.4 Å². The van der Waals surface area contributed by atoms with Gasteiger partial charge in [-0.15, -0.1) is 0 Å². The van der Waals surface area contributed by atoms with E-state index < -0.39 is 0 Å². The van der Waals surface area contributed by atoms with Crippen LogP contribution in [0.15, 0.2) is 47.0 Å². The van der Waals surface area contributed by atoms with E-state index in [2.05, 4.69) is 5.16 Å². The van der Waals surface area contributed by atoms with Gasteiger partial charge in [0.05, 0.1) is 29.3 Å². The van der Waals surface area contributed by atoms with E-state index in [0.717, 1.165) is 11.1 Å². The fourth-order valence-electron chi connectivity index (χ4n) is 2.32. The van der Waals surface area contributed by atoms with Gasteiger partial charge in [0.25, 0.3) is 0 Å². The summed E-state index contributed by atoms with van der Waals surface area (Å²) in [6.07, 6.45) is 0. The summed E-state index contributed by atoms with van der Waals surface area (Å²) < 4.78 is 10.7. The van der Waals surface area contributed by atoms with Gasteiger partial charge in [0.2, 0.25) is 0 Å². The van der Waals surface area contributed by atoms with Gasteiger partial charge in [0, 0.05) is 11.1 Å². The number of halogens is 2. The molecule has 0 radical (unpaired) electrons. The van der Waals surface area contributed by atoms with Gasteiger partial charge in [-0.1, -0.05) is 46.6 Å². The van der Waals surface area contributed by atoms with Crippen LogP contribution in [0.25, 0.3) is 22.6 Å². The molecule has 0 spiro atoms. The molecule has 0 saturated heterocycles. The minimum atomic E-state index is -0.217. The van der Waals surface area contributed by atoms with Crippen molar-refractivity contribution in [3.05, 3.63) is 58.1 Å². The van der Waals surface area contributed by atoms with Crippen LogP contribution in [0.2, 0.25) is 10.0 Å². The number of ether oxygens (including phenoxy) is 1. The highest BCUT2D eigenvalue weighted by atomic mass is 35.5. The van der Waals surface area contributed by atoms with Crippen LogP contribution in [0.3, 0.4) is 0 Å². The number of hydrogen-bond donors (Lipinski definition) is 1. The number of methoxy groups -OCH3 is 1. The van der Waals surface area contributed by atoms with Crippen molar-refractivity contribution in [3.8, 4) is 28.3 Å². The lowest BCUT2D eigenvalue weighted by Gasteiger charge is -2.04. The van der Waals surface area contributed by atoms with Crippen molar-refractivity contribution in [1.29, 1.82) is 0 Å². The maximum absolute atomic E-state index is 9.77. The molecule has 0 saturated carbocycles. The fraction of sp³-hybridized carbons (Fsp3) is 0.118. The molecule has 0 amide bonds. The Morgan fingerprint density at radius 2 is 1.91 bits per heavy atom. The Hall–Kier alpha value is -2.01. The Kier molecular flexibility index (Phi) is 4.57. The highest BCUT2D eigenvalue weighted by Crippen LogP contribution is 2.35. The van der Waals surface area contributed by atoms with E-state index in [1.807, 2.05) is 24.3 Å². The fourth-order valence-corrected chi connectivity index (χ4v) is 2.62. The van der Waals surface area contributed by atoms with Gasteiger partial charge in [-0.3, -0.25) is 0 Å². The number of aliphatic hydroxyl groups is 1. The molecule has 23 heavy (non-hydrogen) atoms. The normalized spacial score (nSPS) is 10.8. The smallest absolute Gasteiger partial charge is 0.173 e. The standard InChI is InChI=1S/C17H13Cl2NO3/c1-22-12-4-2-3-11(7-12)17-13(9-21)16(20-23-17)10-5-6-14(18)15(19)8-10/h2-8,21H,9H2,1H3. The highest BCUT2D eigenvalue weighted by Gasteiger charge is 2.19. The van der Waals surface area contributed by atoms with E-state index in [0.29, 0.717) is 32.8 Å². The van der Waals surface area contributed by atoms with Crippen molar-refractivity contribution >= 4 is 23.2 Å². The van der Waals surface area contributed by atoms with Gasteiger partial charge in [-0.2, -0.15) is 0 Å². The lowest BCUT2D eigenvalue weighted by atomic mass is 10.0. The summed E-state index contributed by atoms with van der Waals surface area (Å²) in [5.41, 5.74) is 2.61. The molecule has 3 aromatic rings. The average molecular weight is 350 g/mol. The van der Waals surface area contributed by atoms with E-state index in [-0.39, 0.29) is 6.61 Å². The Morgan fingerprint density at radius 1 is 1.09 bits per heavy atom. The van der Waals surface area contributed by atoms with Crippen LogP contribution >= 0.6 is 23.2 Å². The first kappa shape index (κ1) is 15.9. The Balaban J connectivity index is 2.10. The molecule has 6 heteroatoms. The molecule has 1 N–H and O–H groups in total. The van der Waals surface area contributed by atoms with E-state index in [1.165, 1.54) is 0 Å². The van der Waals surface area contributed by atoms with Crippen molar-refractivity contribution in [3.63, 3.8) is 0 Å². The van der Waals surface area contributed by atoms with Crippen LogP contribution in [0.4, 0.5) is 0 Å². The summed E-state index contributed by atoms with van der Waals surface area (Å²) >= 11 is 12.0. The molecule has 0 aliphatic carbocycles. The van der Waals surface area contributed by atoms with Gasteiger partial charge in [-0.05, 0) is 24.3 Å². The largest absolute Gasteiger partial charge is 0.497 e. The molecule has 0 atom stereocenters. The van der Waals surface area contributed by atoms with Crippen molar-refractivity contribution in [2.24, 2.45) is 0 Å². The number of aromatic nitrogens is 1. The summed E-state index contributed by atoms with van der Waals surface area (Å²) in [4.78, 5) is 0. The van der Waals surface area contributed by atoms with E-state index >= 15 is 0 Å². The average Bonchev–Trinajstić information content (AvgIpc) is 3.01. The molecule has 2 aromatic carbocycles. The monoisotopic (exact) mass is 349 g/mol. The quantitative estimate of drug-likeness (QED) is 0.733. The van der Waals surface area contributed by atoms with Crippen LogP contribution < -0.4 is 4.74 Å². The van der Waals surface area contributed by atoms with E-state index in [1.54, 1.807) is 25.3 Å². The molecule has 4 nitrogen and oxygen atoms in total. The zero-order valence-electron chi connectivity index (χ0n) is 12.2. The molecule has 3 rings (SSSR count). The number of hydrogen-bond acceptors (Lipinski definition) is 4. The van der Waals surface area contributed by atoms with E-state index in [4.69, 9.17) is 32.5 Å². The summed E-state index contributed by atoms with van der Waals surface area (Å²) in [6, 6.07) is 12.5. The molecule has 0 bridgehead atoms. The molecule has 0 fully saturated rings. The third-order valence-electron chi connectivity index (χ3n) is 3.47. The molecule has 1 aromatic heterocycles. The summed E-state index contributed by atoms with van der Waals surface area (Å²) in [6.45, 7) is -0.217. The molecular formula is C17H13Cl2NO3. The maximum atomic E-state index is 9.77. The lowest BCUT2D eigenvalue weighted by molar-refractivity contribution is 0.281. The van der Waals surface area contributed by atoms with E-state index in [9.17, 15) is 5.11 Å². The maximum Gasteiger partial charge on any atom is 0.173 e. The van der Waals surface area contributed by atoms with Gasteiger partial charge in [0.15, 0.2) is 5.76 Å². The predicted octanol–water partition coefficient (Wildman–Crippen LogP) is 4.82. The molecule has 0 aliphatic heterocycles. The van der Waals surface area contributed by atoms with Crippen LogP contribution in [0.1, 0.15) is 5.56 Å². The van der Waals surface area contributed by atoms with Crippen molar-refractivity contribution in [2.75, 3.05) is 7.11 Å². The van der Waals surface area contributed by atoms with Crippen LogP contribution in [0.5, 0.6) is 5.75 Å². The molecule has 0 unspecified atom stereocenters. The summed E-state index contributed by atoms with van der Waals surface area (Å²) in [5, 5.41) is 14.7. The Labute approximate surface area is 143 Å². The van der Waals surface area contributed by atoms with Crippen LogP contribution in [-0.2, 0) is 6.61 Å². The summed E-state index contributed by atoms with van der Waals surface area (Å²) in [7, 11) is 1.59. The minimum absolute atomic E-state index is 0.217. The minimum Gasteiger partial charge on any atom is -0.497 e. The SMILES string of the molecule is COc1cccc(-c2onc(-c3ccc(Cl)c(Cl)c3)c2CO)c1. The van der Waals surface area contributed by atoms with Crippen LogP contribution in [-0.4, -0.2) is 17.4 Å².